The Morgan fingerprint density at radius 3 is 2.84 bits per heavy atom. The average Bonchev–Trinajstić information content (AvgIpc) is 2.74. The van der Waals surface area contributed by atoms with E-state index >= 15 is 0 Å². The first-order valence-corrected chi connectivity index (χ1v) is 6.84. The van der Waals surface area contributed by atoms with Crippen LogP contribution in [0, 0.1) is 6.92 Å². The molecule has 1 saturated heterocycles. The third kappa shape index (κ3) is 3.72. The number of carbonyl (C=O) groups excluding carboxylic acids is 1. The number of aromatic nitrogens is 2. The van der Waals surface area contributed by atoms with E-state index in [1.807, 2.05) is 33.9 Å². The molecule has 1 amide bonds. The van der Waals surface area contributed by atoms with Crippen LogP contribution in [0.5, 0.6) is 0 Å². The van der Waals surface area contributed by atoms with Crippen LogP contribution in [0.4, 0.5) is 4.79 Å². The lowest BCUT2D eigenvalue weighted by atomic mass is 9.98. The molecule has 1 unspecified atom stereocenters. The van der Waals surface area contributed by atoms with Crippen molar-refractivity contribution in [2.45, 2.75) is 52.1 Å². The fourth-order valence-electron chi connectivity index (χ4n) is 2.33. The molecule has 1 aromatic heterocycles. The number of imidazole rings is 1. The maximum atomic E-state index is 12.1. The average molecular weight is 265 g/mol. The Balaban J connectivity index is 1.99. The van der Waals surface area contributed by atoms with Crippen molar-refractivity contribution in [2.75, 3.05) is 13.1 Å². The van der Waals surface area contributed by atoms with Gasteiger partial charge in [-0.2, -0.15) is 0 Å². The van der Waals surface area contributed by atoms with Crippen molar-refractivity contribution >= 4 is 6.09 Å². The van der Waals surface area contributed by atoms with Crippen molar-refractivity contribution < 1.29 is 9.53 Å². The summed E-state index contributed by atoms with van der Waals surface area (Å²) in [5.41, 5.74) is 0.620. The van der Waals surface area contributed by atoms with Crippen LogP contribution in [-0.4, -0.2) is 39.7 Å². The van der Waals surface area contributed by atoms with Crippen molar-refractivity contribution in [2.24, 2.45) is 0 Å². The first-order chi connectivity index (χ1) is 8.85. The molecule has 1 fully saturated rings. The molecule has 1 atom stereocenters. The number of nitrogens with zero attached hydrogens (tertiary/aromatic N) is 2. The second-order valence-electron chi connectivity index (χ2n) is 6.22. The zero-order valence-electron chi connectivity index (χ0n) is 12.2. The van der Waals surface area contributed by atoms with E-state index in [9.17, 15) is 4.79 Å². The second kappa shape index (κ2) is 5.23. The lowest BCUT2D eigenvalue weighted by molar-refractivity contribution is 0.0196. The number of hydrogen-bond donors (Lipinski definition) is 1. The fourth-order valence-corrected chi connectivity index (χ4v) is 2.33. The van der Waals surface area contributed by atoms with E-state index in [0.29, 0.717) is 6.54 Å². The largest absolute Gasteiger partial charge is 0.444 e. The first kappa shape index (κ1) is 13.9. The van der Waals surface area contributed by atoms with E-state index in [1.165, 1.54) is 0 Å². The molecule has 2 rings (SSSR count). The van der Waals surface area contributed by atoms with Crippen molar-refractivity contribution in [3.8, 4) is 0 Å². The standard InChI is InChI=1S/C14H23N3O2/c1-10-8-15-12(16-10)11-6-5-7-17(9-11)13(18)19-14(2,3)4/h8,11H,5-7,9H2,1-4H3,(H,15,16). The quantitative estimate of drug-likeness (QED) is 0.849. The summed E-state index contributed by atoms with van der Waals surface area (Å²) in [6.45, 7) is 9.12. The molecule has 2 heterocycles. The summed E-state index contributed by atoms with van der Waals surface area (Å²) in [6.07, 6.45) is 3.66. The van der Waals surface area contributed by atoms with Crippen molar-refractivity contribution in [1.29, 1.82) is 0 Å². The molecule has 0 spiro atoms. The van der Waals surface area contributed by atoms with Gasteiger partial charge in [0.2, 0.25) is 0 Å². The molecule has 5 nitrogen and oxygen atoms in total. The molecule has 0 aliphatic carbocycles. The number of amides is 1. The van der Waals surface area contributed by atoms with E-state index in [2.05, 4.69) is 9.97 Å². The van der Waals surface area contributed by atoms with Crippen LogP contribution in [0.25, 0.3) is 0 Å². The summed E-state index contributed by atoms with van der Waals surface area (Å²) in [4.78, 5) is 21.5. The van der Waals surface area contributed by atoms with Gasteiger partial charge < -0.3 is 14.6 Å². The highest BCUT2D eigenvalue weighted by atomic mass is 16.6. The lowest BCUT2D eigenvalue weighted by Crippen LogP contribution is -2.42. The molecule has 1 aromatic rings. The van der Waals surface area contributed by atoms with Crippen LogP contribution >= 0.6 is 0 Å². The Hall–Kier alpha value is -1.52. The fraction of sp³-hybridized carbons (Fsp3) is 0.714. The SMILES string of the molecule is Cc1cnc(C2CCCN(C(=O)OC(C)(C)C)C2)[nH]1. The van der Waals surface area contributed by atoms with Gasteiger partial charge in [-0.25, -0.2) is 9.78 Å². The first-order valence-electron chi connectivity index (χ1n) is 6.84. The Bertz CT molecular complexity index is 448. The molecular weight excluding hydrogens is 242 g/mol. The highest BCUT2D eigenvalue weighted by molar-refractivity contribution is 5.68. The van der Waals surface area contributed by atoms with Crippen molar-refractivity contribution in [3.05, 3.63) is 17.7 Å². The van der Waals surface area contributed by atoms with E-state index in [0.717, 1.165) is 30.9 Å². The van der Waals surface area contributed by atoms with Crippen LogP contribution in [0.15, 0.2) is 6.20 Å². The number of ether oxygens (including phenoxy) is 1. The predicted molar refractivity (Wildman–Crippen MR) is 73.1 cm³/mol. The molecule has 5 heteroatoms. The monoisotopic (exact) mass is 265 g/mol. The summed E-state index contributed by atoms with van der Waals surface area (Å²) in [5.74, 6) is 1.26. The van der Waals surface area contributed by atoms with Crippen LogP contribution in [0.1, 0.15) is 51.0 Å². The minimum absolute atomic E-state index is 0.222. The number of aromatic amines is 1. The zero-order chi connectivity index (χ0) is 14.0. The molecule has 0 saturated carbocycles. The molecule has 1 aliphatic rings. The van der Waals surface area contributed by atoms with Crippen LogP contribution in [0.3, 0.4) is 0 Å². The van der Waals surface area contributed by atoms with Crippen LogP contribution in [-0.2, 0) is 4.74 Å². The van der Waals surface area contributed by atoms with Crippen LogP contribution < -0.4 is 0 Å². The molecular formula is C14H23N3O2. The third-order valence-electron chi connectivity index (χ3n) is 3.18. The number of carbonyl (C=O) groups is 1. The van der Waals surface area contributed by atoms with Crippen LogP contribution in [0.2, 0.25) is 0 Å². The van der Waals surface area contributed by atoms with E-state index in [4.69, 9.17) is 4.74 Å². The number of aryl methyl sites for hydroxylation is 1. The molecule has 0 bridgehead atoms. The van der Waals surface area contributed by atoms with Crippen molar-refractivity contribution in [3.63, 3.8) is 0 Å². The van der Waals surface area contributed by atoms with E-state index < -0.39 is 5.60 Å². The number of piperidine rings is 1. The number of likely N-dealkylation sites (tertiary alicyclic amines) is 1. The predicted octanol–water partition coefficient (Wildman–Crippen LogP) is 2.83. The molecule has 1 N–H and O–H groups in total. The minimum Gasteiger partial charge on any atom is -0.444 e. The summed E-state index contributed by atoms with van der Waals surface area (Å²) in [7, 11) is 0. The Morgan fingerprint density at radius 2 is 2.26 bits per heavy atom. The topological polar surface area (TPSA) is 58.2 Å². The highest BCUT2D eigenvalue weighted by Gasteiger charge is 2.29. The van der Waals surface area contributed by atoms with Gasteiger partial charge in [0.1, 0.15) is 11.4 Å². The summed E-state index contributed by atoms with van der Waals surface area (Å²) < 4.78 is 5.42. The number of rotatable bonds is 1. The van der Waals surface area contributed by atoms with Gasteiger partial charge in [-0.3, -0.25) is 0 Å². The van der Waals surface area contributed by atoms with Gasteiger partial charge >= 0.3 is 6.09 Å². The molecule has 19 heavy (non-hydrogen) atoms. The summed E-state index contributed by atoms with van der Waals surface area (Å²) in [5, 5.41) is 0. The molecule has 1 aliphatic heterocycles. The maximum Gasteiger partial charge on any atom is 0.410 e. The maximum absolute atomic E-state index is 12.1. The smallest absolute Gasteiger partial charge is 0.410 e. The van der Waals surface area contributed by atoms with Gasteiger partial charge in [0.05, 0.1) is 0 Å². The normalized spacial score (nSPS) is 20.4. The van der Waals surface area contributed by atoms with Gasteiger partial charge in [-0.1, -0.05) is 0 Å². The third-order valence-corrected chi connectivity index (χ3v) is 3.18. The van der Waals surface area contributed by atoms with Gasteiger partial charge in [-0.05, 0) is 40.5 Å². The molecule has 106 valence electrons. The lowest BCUT2D eigenvalue weighted by Gasteiger charge is -2.33. The number of nitrogens with one attached hydrogen (secondary N) is 1. The van der Waals surface area contributed by atoms with Gasteiger partial charge in [0.15, 0.2) is 0 Å². The number of H-pyrrole nitrogens is 1. The summed E-state index contributed by atoms with van der Waals surface area (Å²) >= 11 is 0. The van der Waals surface area contributed by atoms with Gasteiger partial charge in [-0.15, -0.1) is 0 Å². The molecule has 0 radical (unpaired) electrons. The zero-order valence-corrected chi connectivity index (χ0v) is 12.2. The van der Waals surface area contributed by atoms with Gasteiger partial charge in [0, 0.05) is 30.9 Å². The van der Waals surface area contributed by atoms with E-state index in [-0.39, 0.29) is 12.0 Å². The summed E-state index contributed by atoms with van der Waals surface area (Å²) in [6, 6.07) is 0. The Labute approximate surface area is 114 Å². The minimum atomic E-state index is -0.439. The Morgan fingerprint density at radius 1 is 1.53 bits per heavy atom. The highest BCUT2D eigenvalue weighted by Crippen LogP contribution is 2.25. The van der Waals surface area contributed by atoms with Crippen molar-refractivity contribution in [1.82, 2.24) is 14.9 Å². The number of hydrogen-bond acceptors (Lipinski definition) is 3. The Kier molecular flexibility index (Phi) is 3.83. The molecule has 0 aromatic carbocycles. The van der Waals surface area contributed by atoms with E-state index in [1.54, 1.807) is 4.90 Å². The van der Waals surface area contributed by atoms with Gasteiger partial charge in [0.25, 0.3) is 0 Å². The second-order valence-corrected chi connectivity index (χ2v) is 6.22.